The summed E-state index contributed by atoms with van der Waals surface area (Å²) in [6.45, 7) is 0.609. The Kier molecular flexibility index (Phi) is 3.92. The number of anilines is 1. The molecule has 152 valence electrons. The zero-order valence-corrected chi connectivity index (χ0v) is 16.4. The molecule has 0 bridgehead atoms. The standard InChI is InChI=1S/C24H18N4O3/c29-24-16(9-15-10-21-22(31-13-30-21)11-20(15)28-24)12-25-17-7-5-14(6-8-17)23-26-18-3-1-2-4-19(18)27-23/h1-11,25H,12-13H2,(H,26,27)(H,28,29). The highest BCUT2D eigenvalue weighted by Gasteiger charge is 2.15. The summed E-state index contributed by atoms with van der Waals surface area (Å²) in [6.07, 6.45) is 0. The fourth-order valence-electron chi connectivity index (χ4n) is 3.81. The summed E-state index contributed by atoms with van der Waals surface area (Å²) in [5.41, 5.74) is 5.13. The molecule has 1 aliphatic heterocycles. The second kappa shape index (κ2) is 6.91. The van der Waals surface area contributed by atoms with Gasteiger partial charge in [-0.2, -0.15) is 0 Å². The molecule has 3 aromatic carbocycles. The van der Waals surface area contributed by atoms with Gasteiger partial charge in [-0.25, -0.2) is 4.98 Å². The van der Waals surface area contributed by atoms with E-state index in [1.54, 1.807) is 6.07 Å². The lowest BCUT2D eigenvalue weighted by atomic mass is 10.1. The number of aromatic amines is 2. The van der Waals surface area contributed by atoms with Crippen LogP contribution in [0, 0.1) is 0 Å². The minimum absolute atomic E-state index is 0.127. The number of hydrogen-bond donors (Lipinski definition) is 3. The van der Waals surface area contributed by atoms with Gasteiger partial charge in [0.05, 0.1) is 16.6 Å². The van der Waals surface area contributed by atoms with Crippen molar-refractivity contribution in [3.63, 3.8) is 0 Å². The number of imidazole rings is 1. The molecule has 7 heteroatoms. The van der Waals surface area contributed by atoms with Crippen molar-refractivity contribution in [2.24, 2.45) is 0 Å². The van der Waals surface area contributed by atoms with Gasteiger partial charge in [0.2, 0.25) is 6.79 Å². The van der Waals surface area contributed by atoms with Crippen LogP contribution < -0.4 is 20.3 Å². The summed E-state index contributed by atoms with van der Waals surface area (Å²) in [5.74, 6) is 2.18. The Morgan fingerprint density at radius 3 is 2.55 bits per heavy atom. The molecule has 6 rings (SSSR count). The second-order valence-electron chi connectivity index (χ2n) is 7.45. The molecule has 0 aliphatic carbocycles. The van der Waals surface area contributed by atoms with Crippen LogP contribution in [0.15, 0.2) is 71.5 Å². The van der Waals surface area contributed by atoms with Crippen molar-refractivity contribution in [1.82, 2.24) is 15.0 Å². The molecule has 5 aromatic rings. The summed E-state index contributed by atoms with van der Waals surface area (Å²) in [5, 5.41) is 4.22. The topological polar surface area (TPSA) is 92.0 Å². The highest BCUT2D eigenvalue weighted by molar-refractivity contribution is 5.83. The zero-order valence-electron chi connectivity index (χ0n) is 16.4. The summed E-state index contributed by atoms with van der Waals surface area (Å²) in [6, 6.07) is 21.5. The maximum atomic E-state index is 12.5. The normalized spacial score (nSPS) is 12.5. The number of para-hydroxylation sites is 2. The molecule has 0 amide bonds. The Hall–Kier alpha value is -4.26. The average molecular weight is 410 g/mol. The lowest BCUT2D eigenvalue weighted by Crippen LogP contribution is -2.15. The highest BCUT2D eigenvalue weighted by atomic mass is 16.7. The van der Waals surface area contributed by atoms with Gasteiger partial charge in [0.25, 0.3) is 5.56 Å². The van der Waals surface area contributed by atoms with Gasteiger partial charge >= 0.3 is 0 Å². The first kappa shape index (κ1) is 17.6. The monoisotopic (exact) mass is 410 g/mol. The number of H-pyrrole nitrogens is 2. The van der Waals surface area contributed by atoms with Gasteiger partial charge in [0.15, 0.2) is 11.5 Å². The number of pyridine rings is 1. The lowest BCUT2D eigenvalue weighted by Gasteiger charge is -2.08. The van der Waals surface area contributed by atoms with Gasteiger partial charge in [-0.1, -0.05) is 12.1 Å². The molecule has 0 saturated carbocycles. The van der Waals surface area contributed by atoms with E-state index in [0.717, 1.165) is 39.0 Å². The Bertz CT molecular complexity index is 1450. The molecule has 31 heavy (non-hydrogen) atoms. The number of rotatable bonds is 4. The molecule has 3 heterocycles. The van der Waals surface area contributed by atoms with E-state index in [-0.39, 0.29) is 12.4 Å². The van der Waals surface area contributed by atoms with E-state index in [0.29, 0.717) is 23.6 Å². The fraction of sp³-hybridized carbons (Fsp3) is 0.0833. The molecule has 0 saturated heterocycles. The summed E-state index contributed by atoms with van der Waals surface area (Å²) in [4.78, 5) is 23.4. The third kappa shape index (κ3) is 3.16. The van der Waals surface area contributed by atoms with Crippen LogP contribution in [0.3, 0.4) is 0 Å². The number of nitrogens with zero attached hydrogens (tertiary/aromatic N) is 1. The first-order chi connectivity index (χ1) is 15.2. The zero-order chi connectivity index (χ0) is 20.8. The quantitative estimate of drug-likeness (QED) is 0.408. The predicted octanol–water partition coefficient (Wildman–Crippen LogP) is 4.41. The van der Waals surface area contributed by atoms with Gasteiger partial charge in [-0.15, -0.1) is 0 Å². The molecule has 3 N–H and O–H groups in total. The average Bonchev–Trinajstić information content (AvgIpc) is 3.43. The molecule has 2 aromatic heterocycles. The van der Waals surface area contributed by atoms with Crippen molar-refractivity contribution in [2.75, 3.05) is 12.1 Å². The van der Waals surface area contributed by atoms with Gasteiger partial charge in [-0.05, 0) is 48.5 Å². The summed E-state index contributed by atoms with van der Waals surface area (Å²) >= 11 is 0. The number of fused-ring (bicyclic) bond motifs is 3. The van der Waals surface area contributed by atoms with Gasteiger partial charge in [0.1, 0.15) is 5.82 Å². The molecule has 1 aliphatic rings. The summed E-state index contributed by atoms with van der Waals surface area (Å²) < 4.78 is 10.8. The maximum Gasteiger partial charge on any atom is 0.253 e. The number of ether oxygens (including phenoxy) is 2. The SMILES string of the molecule is O=c1[nH]c2cc3c(cc2cc1CNc1ccc(-c2nc4ccccc4[nH]2)cc1)OCO3. The number of aromatic nitrogens is 3. The second-order valence-corrected chi connectivity index (χ2v) is 7.45. The molecule has 0 spiro atoms. The van der Waals surface area contributed by atoms with Crippen LogP contribution in [-0.2, 0) is 6.54 Å². The first-order valence-corrected chi connectivity index (χ1v) is 9.97. The number of hydrogen-bond acceptors (Lipinski definition) is 5. The van der Waals surface area contributed by atoms with E-state index in [2.05, 4.69) is 20.3 Å². The van der Waals surface area contributed by atoms with E-state index >= 15 is 0 Å². The highest BCUT2D eigenvalue weighted by Crippen LogP contribution is 2.35. The van der Waals surface area contributed by atoms with Crippen molar-refractivity contribution in [3.8, 4) is 22.9 Å². The van der Waals surface area contributed by atoms with Crippen LogP contribution >= 0.6 is 0 Å². The van der Waals surface area contributed by atoms with E-state index in [1.165, 1.54) is 0 Å². The van der Waals surface area contributed by atoms with Crippen molar-refractivity contribution < 1.29 is 9.47 Å². The van der Waals surface area contributed by atoms with Crippen molar-refractivity contribution in [3.05, 3.63) is 82.6 Å². The van der Waals surface area contributed by atoms with Gasteiger partial charge in [-0.3, -0.25) is 4.79 Å². The molecule has 0 fully saturated rings. The Morgan fingerprint density at radius 2 is 1.71 bits per heavy atom. The maximum absolute atomic E-state index is 12.5. The molecule has 0 radical (unpaired) electrons. The van der Waals surface area contributed by atoms with Crippen LogP contribution in [0.1, 0.15) is 5.56 Å². The van der Waals surface area contributed by atoms with E-state index < -0.39 is 0 Å². The van der Waals surface area contributed by atoms with Crippen LogP contribution in [0.2, 0.25) is 0 Å². The minimum Gasteiger partial charge on any atom is -0.454 e. The van der Waals surface area contributed by atoms with Crippen LogP contribution in [-0.4, -0.2) is 21.7 Å². The first-order valence-electron chi connectivity index (χ1n) is 9.97. The van der Waals surface area contributed by atoms with Crippen LogP contribution in [0.4, 0.5) is 5.69 Å². The molecule has 0 atom stereocenters. The largest absolute Gasteiger partial charge is 0.454 e. The van der Waals surface area contributed by atoms with Crippen molar-refractivity contribution in [2.45, 2.75) is 6.54 Å². The Morgan fingerprint density at radius 1 is 0.903 bits per heavy atom. The minimum atomic E-state index is -0.127. The van der Waals surface area contributed by atoms with Crippen LogP contribution in [0.25, 0.3) is 33.3 Å². The fourth-order valence-corrected chi connectivity index (χ4v) is 3.81. The van der Waals surface area contributed by atoms with E-state index in [1.807, 2.05) is 60.7 Å². The third-order valence-electron chi connectivity index (χ3n) is 5.44. The van der Waals surface area contributed by atoms with Gasteiger partial charge in [0, 0.05) is 34.8 Å². The molecular formula is C24H18N4O3. The number of benzene rings is 3. The predicted molar refractivity (Wildman–Crippen MR) is 120 cm³/mol. The smallest absolute Gasteiger partial charge is 0.253 e. The van der Waals surface area contributed by atoms with E-state index in [9.17, 15) is 4.79 Å². The lowest BCUT2D eigenvalue weighted by molar-refractivity contribution is 0.174. The van der Waals surface area contributed by atoms with Crippen LogP contribution in [0.5, 0.6) is 11.5 Å². The molecular weight excluding hydrogens is 392 g/mol. The molecule has 0 unspecified atom stereocenters. The number of nitrogens with one attached hydrogen (secondary N) is 3. The van der Waals surface area contributed by atoms with Gasteiger partial charge < -0.3 is 24.8 Å². The Labute approximate surface area is 176 Å². The summed E-state index contributed by atoms with van der Waals surface area (Å²) in [7, 11) is 0. The van der Waals surface area contributed by atoms with Crippen molar-refractivity contribution in [1.29, 1.82) is 0 Å². The van der Waals surface area contributed by atoms with E-state index in [4.69, 9.17) is 9.47 Å². The Balaban J connectivity index is 1.22. The third-order valence-corrected chi connectivity index (χ3v) is 5.44. The van der Waals surface area contributed by atoms with Crippen molar-refractivity contribution >= 4 is 27.6 Å². The molecule has 7 nitrogen and oxygen atoms in total.